The van der Waals surface area contributed by atoms with Crippen molar-refractivity contribution in [2.45, 2.75) is 17.8 Å². The second-order valence-electron chi connectivity index (χ2n) is 8.00. The maximum absolute atomic E-state index is 12.7. The van der Waals surface area contributed by atoms with Gasteiger partial charge in [-0.05, 0) is 42.3 Å². The van der Waals surface area contributed by atoms with Crippen LogP contribution in [0.15, 0.2) is 46.8 Å². The number of nitrogens with one attached hydrogen (secondary N) is 1. The average Bonchev–Trinajstić information content (AvgIpc) is 3.47. The van der Waals surface area contributed by atoms with Gasteiger partial charge in [-0.3, -0.25) is 9.69 Å². The number of piperazine rings is 1. The maximum atomic E-state index is 12.7. The van der Waals surface area contributed by atoms with Crippen molar-refractivity contribution in [2.24, 2.45) is 0 Å². The summed E-state index contributed by atoms with van der Waals surface area (Å²) in [7, 11) is 0. The van der Waals surface area contributed by atoms with Crippen LogP contribution in [-0.4, -0.2) is 64.6 Å². The smallest absolute Gasteiger partial charge is 0.233 e. The Hall–Kier alpha value is -2.82. The molecule has 1 aromatic heterocycles. The number of nitrogens with zero attached hydrogens (tertiary/aromatic N) is 4. The maximum Gasteiger partial charge on any atom is 0.233 e. The third kappa shape index (κ3) is 5.58. The number of hydrogen-bond donors (Lipinski definition) is 1. The Morgan fingerprint density at radius 3 is 2.79 bits per heavy atom. The number of hydrogen-bond acceptors (Lipinski definition) is 9. The molecular formula is C23H25N5O3S2. The summed E-state index contributed by atoms with van der Waals surface area (Å²) in [6, 6.07) is 14.2. The molecule has 2 aliphatic rings. The molecule has 3 aromatic rings. The van der Waals surface area contributed by atoms with E-state index < -0.39 is 0 Å². The van der Waals surface area contributed by atoms with Gasteiger partial charge in [-0.25, -0.2) is 0 Å². The van der Waals surface area contributed by atoms with Crippen LogP contribution in [0.25, 0.3) is 0 Å². The average molecular weight is 484 g/mol. The first-order valence-electron chi connectivity index (χ1n) is 10.8. The molecule has 1 fully saturated rings. The molecule has 172 valence electrons. The first kappa shape index (κ1) is 22.0. The fourth-order valence-electron chi connectivity index (χ4n) is 3.83. The van der Waals surface area contributed by atoms with Crippen molar-refractivity contribution in [1.29, 1.82) is 0 Å². The summed E-state index contributed by atoms with van der Waals surface area (Å²) in [5, 5.41) is 12.4. The van der Waals surface area contributed by atoms with Gasteiger partial charge >= 0.3 is 0 Å². The van der Waals surface area contributed by atoms with E-state index in [1.165, 1.54) is 34.2 Å². The molecule has 0 atom stereocenters. The highest BCUT2D eigenvalue weighted by atomic mass is 32.2. The van der Waals surface area contributed by atoms with Gasteiger partial charge in [0.15, 0.2) is 15.8 Å². The summed E-state index contributed by atoms with van der Waals surface area (Å²) in [4.78, 5) is 17.0. The highest BCUT2D eigenvalue weighted by molar-refractivity contribution is 8.01. The lowest BCUT2D eigenvalue weighted by molar-refractivity contribution is -0.130. The van der Waals surface area contributed by atoms with E-state index in [0.29, 0.717) is 12.5 Å². The van der Waals surface area contributed by atoms with Gasteiger partial charge in [0.25, 0.3) is 0 Å². The molecule has 0 saturated carbocycles. The Morgan fingerprint density at radius 2 is 1.94 bits per heavy atom. The number of aromatic nitrogens is 2. The predicted octanol–water partition coefficient (Wildman–Crippen LogP) is 3.76. The van der Waals surface area contributed by atoms with E-state index in [-0.39, 0.29) is 5.91 Å². The molecule has 1 amide bonds. The van der Waals surface area contributed by atoms with Crippen molar-refractivity contribution in [3.63, 3.8) is 0 Å². The molecule has 2 aliphatic heterocycles. The zero-order valence-corrected chi connectivity index (χ0v) is 20.0. The number of fused-ring (bicyclic) bond motifs is 1. The number of aryl methyl sites for hydroxylation is 1. The van der Waals surface area contributed by atoms with E-state index in [4.69, 9.17) is 9.47 Å². The van der Waals surface area contributed by atoms with Crippen LogP contribution in [0.5, 0.6) is 11.5 Å². The summed E-state index contributed by atoms with van der Waals surface area (Å²) in [5.74, 6) is 2.14. The molecule has 0 radical (unpaired) electrons. The number of ether oxygens (including phenoxy) is 2. The van der Waals surface area contributed by atoms with E-state index in [1.54, 1.807) is 0 Å². The van der Waals surface area contributed by atoms with Crippen LogP contribution in [0.1, 0.15) is 11.1 Å². The standard InChI is InChI=1S/C23H25N5O3S2/c1-16-3-2-4-18(11-16)24-22-25-26-23(33-22)32-14-21(29)28-9-7-27(8-10-28)13-17-5-6-19-20(12-17)31-15-30-19/h2-6,11-12H,7-10,13-15H2,1H3,(H,24,25). The van der Waals surface area contributed by atoms with Gasteiger partial charge in [0.1, 0.15) is 0 Å². The Kier molecular flexibility index (Phi) is 6.65. The van der Waals surface area contributed by atoms with Crippen molar-refractivity contribution in [3.8, 4) is 11.5 Å². The zero-order valence-electron chi connectivity index (χ0n) is 18.3. The second kappa shape index (κ2) is 9.98. The quantitative estimate of drug-likeness (QED) is 0.509. The Labute approximate surface area is 200 Å². The molecule has 0 aliphatic carbocycles. The van der Waals surface area contributed by atoms with Gasteiger partial charge in [0, 0.05) is 38.4 Å². The Morgan fingerprint density at radius 1 is 1.09 bits per heavy atom. The molecule has 3 heterocycles. The van der Waals surface area contributed by atoms with E-state index >= 15 is 0 Å². The summed E-state index contributed by atoms with van der Waals surface area (Å²) in [5.41, 5.74) is 3.36. The minimum atomic E-state index is 0.145. The van der Waals surface area contributed by atoms with Crippen molar-refractivity contribution in [1.82, 2.24) is 20.0 Å². The Bertz CT molecular complexity index is 1130. The fourth-order valence-corrected chi connectivity index (χ4v) is 5.51. The monoisotopic (exact) mass is 483 g/mol. The number of anilines is 2. The number of amides is 1. The zero-order chi connectivity index (χ0) is 22.6. The molecular weight excluding hydrogens is 458 g/mol. The molecule has 2 aromatic carbocycles. The van der Waals surface area contributed by atoms with E-state index in [0.717, 1.165) is 59.4 Å². The molecule has 5 rings (SSSR count). The van der Waals surface area contributed by atoms with E-state index in [1.807, 2.05) is 29.2 Å². The van der Waals surface area contributed by atoms with E-state index in [2.05, 4.69) is 45.5 Å². The highest BCUT2D eigenvalue weighted by Gasteiger charge is 2.22. The first-order valence-corrected chi connectivity index (χ1v) is 12.6. The topological polar surface area (TPSA) is 79.8 Å². The second-order valence-corrected chi connectivity index (χ2v) is 10.2. The van der Waals surface area contributed by atoms with Crippen molar-refractivity contribution < 1.29 is 14.3 Å². The molecule has 1 N–H and O–H groups in total. The van der Waals surface area contributed by atoms with Crippen LogP contribution >= 0.6 is 23.1 Å². The molecule has 33 heavy (non-hydrogen) atoms. The van der Waals surface area contributed by atoms with Gasteiger partial charge in [-0.2, -0.15) is 0 Å². The predicted molar refractivity (Wildman–Crippen MR) is 130 cm³/mol. The van der Waals surface area contributed by atoms with Gasteiger partial charge in [-0.15, -0.1) is 10.2 Å². The van der Waals surface area contributed by atoms with Gasteiger partial charge < -0.3 is 19.7 Å². The number of rotatable bonds is 7. The van der Waals surface area contributed by atoms with Crippen LogP contribution in [0.2, 0.25) is 0 Å². The van der Waals surface area contributed by atoms with Crippen LogP contribution in [0.4, 0.5) is 10.8 Å². The lowest BCUT2D eigenvalue weighted by atomic mass is 10.1. The lowest BCUT2D eigenvalue weighted by Gasteiger charge is -2.34. The van der Waals surface area contributed by atoms with Crippen LogP contribution in [-0.2, 0) is 11.3 Å². The summed E-state index contributed by atoms with van der Waals surface area (Å²) < 4.78 is 11.6. The van der Waals surface area contributed by atoms with Crippen LogP contribution in [0, 0.1) is 6.92 Å². The Balaban J connectivity index is 1.06. The highest BCUT2D eigenvalue weighted by Crippen LogP contribution is 2.33. The molecule has 8 nitrogen and oxygen atoms in total. The molecule has 1 saturated heterocycles. The lowest BCUT2D eigenvalue weighted by Crippen LogP contribution is -2.48. The number of benzene rings is 2. The number of thioether (sulfide) groups is 1. The van der Waals surface area contributed by atoms with Gasteiger partial charge in [0.05, 0.1) is 5.75 Å². The normalized spacial score (nSPS) is 15.6. The largest absolute Gasteiger partial charge is 0.454 e. The molecule has 0 spiro atoms. The summed E-state index contributed by atoms with van der Waals surface area (Å²) in [6.07, 6.45) is 0. The third-order valence-electron chi connectivity index (χ3n) is 5.56. The minimum Gasteiger partial charge on any atom is -0.454 e. The minimum absolute atomic E-state index is 0.145. The SMILES string of the molecule is Cc1cccc(Nc2nnc(SCC(=O)N3CCN(Cc4ccc5c(c4)OCO5)CC3)s2)c1. The van der Waals surface area contributed by atoms with Crippen molar-refractivity contribution in [2.75, 3.05) is 44.0 Å². The third-order valence-corrected chi connectivity index (χ3v) is 7.52. The van der Waals surface area contributed by atoms with Gasteiger partial charge in [-0.1, -0.05) is 41.3 Å². The molecule has 0 bridgehead atoms. The van der Waals surface area contributed by atoms with Crippen molar-refractivity contribution in [3.05, 3.63) is 53.6 Å². The van der Waals surface area contributed by atoms with Gasteiger partial charge in [0.2, 0.25) is 17.8 Å². The van der Waals surface area contributed by atoms with E-state index in [9.17, 15) is 4.79 Å². The number of carbonyl (C=O) groups is 1. The first-order chi connectivity index (χ1) is 16.1. The summed E-state index contributed by atoms with van der Waals surface area (Å²) >= 11 is 2.91. The summed E-state index contributed by atoms with van der Waals surface area (Å²) in [6.45, 7) is 6.37. The van der Waals surface area contributed by atoms with Crippen molar-refractivity contribution >= 4 is 39.8 Å². The molecule has 0 unspecified atom stereocenters. The molecule has 10 heteroatoms. The fraction of sp³-hybridized carbons (Fsp3) is 0.348. The number of carbonyl (C=O) groups excluding carboxylic acids is 1. The van der Waals surface area contributed by atoms with Crippen LogP contribution in [0.3, 0.4) is 0 Å². The van der Waals surface area contributed by atoms with Crippen LogP contribution < -0.4 is 14.8 Å².